The van der Waals surface area contributed by atoms with Gasteiger partial charge in [-0.3, -0.25) is 0 Å². The van der Waals surface area contributed by atoms with Crippen molar-refractivity contribution in [1.29, 1.82) is 0 Å². The molecular formula is C16H16ClN5O. The summed E-state index contributed by atoms with van der Waals surface area (Å²) in [6.45, 7) is 1.37. The van der Waals surface area contributed by atoms with Crippen molar-refractivity contribution in [2.24, 2.45) is 0 Å². The molecule has 0 saturated carbocycles. The van der Waals surface area contributed by atoms with E-state index in [-0.39, 0.29) is 0 Å². The fourth-order valence-electron chi connectivity index (χ4n) is 3.19. The minimum Gasteiger partial charge on any atom is -0.385 e. The Morgan fingerprint density at radius 1 is 1.13 bits per heavy atom. The van der Waals surface area contributed by atoms with Crippen LogP contribution in [0.1, 0.15) is 18.4 Å². The van der Waals surface area contributed by atoms with Gasteiger partial charge in [-0.15, -0.1) is 0 Å². The van der Waals surface area contributed by atoms with E-state index in [2.05, 4.69) is 24.8 Å². The number of piperidine rings is 1. The zero-order valence-corrected chi connectivity index (χ0v) is 13.2. The van der Waals surface area contributed by atoms with Crippen molar-refractivity contribution in [2.45, 2.75) is 18.4 Å². The first-order valence-corrected chi connectivity index (χ1v) is 7.92. The summed E-state index contributed by atoms with van der Waals surface area (Å²) < 4.78 is 0. The molecule has 1 fully saturated rings. The van der Waals surface area contributed by atoms with Gasteiger partial charge >= 0.3 is 0 Å². The first-order chi connectivity index (χ1) is 11.2. The lowest BCUT2D eigenvalue weighted by Crippen LogP contribution is -2.43. The van der Waals surface area contributed by atoms with Crippen molar-refractivity contribution in [1.82, 2.24) is 19.9 Å². The zero-order valence-electron chi connectivity index (χ0n) is 12.4. The number of fused-ring (bicyclic) bond motifs is 1. The lowest BCUT2D eigenvalue weighted by atomic mass is 9.84. The molecule has 0 spiro atoms. The minimum atomic E-state index is -0.894. The lowest BCUT2D eigenvalue weighted by Gasteiger charge is -2.39. The van der Waals surface area contributed by atoms with E-state index < -0.39 is 5.60 Å². The smallest absolute Gasteiger partial charge is 0.182 e. The normalized spacial score (nSPS) is 17.6. The summed E-state index contributed by atoms with van der Waals surface area (Å²) in [7, 11) is 0. The minimum absolute atomic E-state index is 0.594. The van der Waals surface area contributed by atoms with Crippen molar-refractivity contribution >= 4 is 28.6 Å². The van der Waals surface area contributed by atoms with E-state index in [4.69, 9.17) is 11.6 Å². The molecule has 7 heteroatoms. The third-order valence-electron chi connectivity index (χ3n) is 4.47. The van der Waals surface area contributed by atoms with Crippen molar-refractivity contribution < 1.29 is 5.11 Å². The predicted octanol–water partition coefficient (Wildman–Crippen LogP) is 2.49. The maximum absolute atomic E-state index is 11.0. The average Bonchev–Trinajstić information content (AvgIpc) is 3.04. The summed E-state index contributed by atoms with van der Waals surface area (Å²) in [5, 5.41) is 11.6. The van der Waals surface area contributed by atoms with Crippen LogP contribution in [0.4, 0.5) is 5.82 Å². The van der Waals surface area contributed by atoms with Gasteiger partial charge in [0.15, 0.2) is 11.5 Å². The molecule has 0 amide bonds. The number of aromatic amines is 1. The van der Waals surface area contributed by atoms with Gasteiger partial charge < -0.3 is 15.0 Å². The number of hydrogen-bond donors (Lipinski definition) is 2. The van der Waals surface area contributed by atoms with Gasteiger partial charge in [0.2, 0.25) is 0 Å². The Kier molecular flexibility index (Phi) is 3.43. The first-order valence-electron chi connectivity index (χ1n) is 7.54. The van der Waals surface area contributed by atoms with Crippen LogP contribution in [0.3, 0.4) is 0 Å². The van der Waals surface area contributed by atoms with E-state index in [9.17, 15) is 5.11 Å². The van der Waals surface area contributed by atoms with Crippen molar-refractivity contribution in [3.63, 3.8) is 0 Å². The highest BCUT2D eigenvalue weighted by Crippen LogP contribution is 2.38. The molecule has 2 N–H and O–H groups in total. The number of H-pyrrole nitrogens is 1. The molecule has 0 bridgehead atoms. The molecule has 3 heterocycles. The van der Waals surface area contributed by atoms with Crippen LogP contribution in [0.2, 0.25) is 5.02 Å². The van der Waals surface area contributed by atoms with Gasteiger partial charge in [0.25, 0.3) is 0 Å². The summed E-state index contributed by atoms with van der Waals surface area (Å²) in [4.78, 5) is 17.9. The molecule has 1 aliphatic rings. The topological polar surface area (TPSA) is 77.9 Å². The van der Waals surface area contributed by atoms with Crippen LogP contribution in [0.5, 0.6) is 0 Å². The molecule has 6 nitrogen and oxygen atoms in total. The third kappa shape index (κ3) is 2.44. The molecule has 4 rings (SSSR count). The monoisotopic (exact) mass is 329 g/mol. The highest BCUT2D eigenvalue weighted by molar-refractivity contribution is 6.31. The number of imidazole rings is 1. The maximum atomic E-state index is 11.0. The van der Waals surface area contributed by atoms with Crippen LogP contribution in [0.15, 0.2) is 36.9 Å². The van der Waals surface area contributed by atoms with Crippen LogP contribution in [0, 0.1) is 0 Å². The highest BCUT2D eigenvalue weighted by atomic mass is 35.5. The Labute approximate surface area is 138 Å². The summed E-state index contributed by atoms with van der Waals surface area (Å²) in [5.74, 6) is 0.828. The second-order valence-electron chi connectivity index (χ2n) is 5.80. The van der Waals surface area contributed by atoms with E-state index in [1.54, 1.807) is 6.33 Å². The van der Waals surface area contributed by atoms with Crippen LogP contribution < -0.4 is 4.90 Å². The van der Waals surface area contributed by atoms with Gasteiger partial charge in [0, 0.05) is 23.7 Å². The second kappa shape index (κ2) is 5.47. The molecule has 1 aromatic carbocycles. The number of benzene rings is 1. The number of rotatable bonds is 2. The second-order valence-corrected chi connectivity index (χ2v) is 6.20. The molecule has 3 aromatic rings. The number of aromatic nitrogens is 4. The highest BCUT2D eigenvalue weighted by Gasteiger charge is 2.36. The predicted molar refractivity (Wildman–Crippen MR) is 88.5 cm³/mol. The maximum Gasteiger partial charge on any atom is 0.182 e. The zero-order chi connectivity index (χ0) is 15.9. The van der Waals surface area contributed by atoms with E-state index in [1.807, 2.05) is 24.3 Å². The molecule has 1 saturated heterocycles. The third-order valence-corrected chi connectivity index (χ3v) is 4.80. The lowest BCUT2D eigenvalue weighted by molar-refractivity contribution is 0.0118. The Morgan fingerprint density at radius 3 is 2.70 bits per heavy atom. The summed E-state index contributed by atoms with van der Waals surface area (Å²) in [6, 6.07) is 7.50. The Bertz CT molecular complexity index is 841. The molecular weight excluding hydrogens is 314 g/mol. The fraction of sp³-hybridized carbons (Fsp3) is 0.312. The van der Waals surface area contributed by atoms with E-state index >= 15 is 0 Å². The molecule has 0 atom stereocenters. The number of hydrogen-bond acceptors (Lipinski definition) is 5. The van der Waals surface area contributed by atoms with Crippen LogP contribution >= 0.6 is 11.6 Å². The number of nitrogens with zero attached hydrogens (tertiary/aromatic N) is 4. The van der Waals surface area contributed by atoms with Crippen molar-refractivity contribution in [3.8, 4) is 0 Å². The Hall–Kier alpha value is -2.18. The molecule has 1 aliphatic heterocycles. The van der Waals surface area contributed by atoms with Gasteiger partial charge in [-0.25, -0.2) is 15.0 Å². The van der Waals surface area contributed by atoms with Gasteiger partial charge in [0.1, 0.15) is 11.8 Å². The number of anilines is 1. The van der Waals surface area contributed by atoms with Gasteiger partial charge in [-0.05, 0) is 18.9 Å². The van der Waals surface area contributed by atoms with E-state index in [1.165, 1.54) is 6.33 Å². The summed E-state index contributed by atoms with van der Waals surface area (Å²) in [5.41, 5.74) is 1.39. The number of aliphatic hydroxyl groups is 1. The average molecular weight is 330 g/mol. The Balaban J connectivity index is 1.60. The molecule has 0 radical (unpaired) electrons. The largest absolute Gasteiger partial charge is 0.385 e. The Morgan fingerprint density at radius 2 is 1.91 bits per heavy atom. The quantitative estimate of drug-likeness (QED) is 0.755. The van der Waals surface area contributed by atoms with Gasteiger partial charge in [0.05, 0.1) is 11.9 Å². The number of halogens is 1. The molecule has 2 aromatic heterocycles. The molecule has 23 heavy (non-hydrogen) atoms. The molecule has 0 unspecified atom stereocenters. The van der Waals surface area contributed by atoms with Crippen LogP contribution in [0.25, 0.3) is 11.2 Å². The SMILES string of the molecule is OC1(c2ccccc2Cl)CCN(c2ncnc3nc[nH]c23)CC1. The van der Waals surface area contributed by atoms with Crippen molar-refractivity contribution in [3.05, 3.63) is 47.5 Å². The van der Waals surface area contributed by atoms with Gasteiger partial charge in [-0.2, -0.15) is 0 Å². The van der Waals surface area contributed by atoms with Crippen LogP contribution in [-0.2, 0) is 5.60 Å². The van der Waals surface area contributed by atoms with E-state index in [0.29, 0.717) is 36.6 Å². The number of nitrogens with one attached hydrogen (secondary N) is 1. The fourth-order valence-corrected chi connectivity index (χ4v) is 3.50. The van der Waals surface area contributed by atoms with Crippen molar-refractivity contribution in [2.75, 3.05) is 18.0 Å². The molecule has 0 aliphatic carbocycles. The first kappa shape index (κ1) is 14.4. The van der Waals surface area contributed by atoms with Crippen LogP contribution in [-0.4, -0.2) is 38.1 Å². The van der Waals surface area contributed by atoms with Gasteiger partial charge in [-0.1, -0.05) is 29.8 Å². The summed E-state index contributed by atoms with van der Waals surface area (Å²) >= 11 is 6.26. The summed E-state index contributed by atoms with van der Waals surface area (Å²) in [6.07, 6.45) is 4.33. The standard InChI is InChI=1S/C16H16ClN5O/c17-12-4-2-1-3-11(12)16(23)5-7-22(8-6-16)15-13-14(19-9-18-13)20-10-21-15/h1-4,9-10,23H,5-8H2,(H,18,19,20,21). The molecule has 118 valence electrons. The van der Waals surface area contributed by atoms with E-state index in [0.717, 1.165) is 16.9 Å².